The molecule has 174 valence electrons. The number of aromatic nitrogens is 1. The average Bonchev–Trinajstić information content (AvgIpc) is 3.11. The van der Waals surface area contributed by atoms with Crippen molar-refractivity contribution in [3.8, 4) is 11.3 Å². The van der Waals surface area contributed by atoms with E-state index in [1.807, 2.05) is 49.4 Å². The van der Waals surface area contributed by atoms with Gasteiger partial charge in [0.2, 0.25) is 0 Å². The van der Waals surface area contributed by atoms with Gasteiger partial charge in [-0.3, -0.25) is 10.1 Å². The number of ether oxygens (including phenoxy) is 1. The lowest BCUT2D eigenvalue weighted by atomic mass is 10.1. The molecule has 2 aromatic carbocycles. The molecule has 33 heavy (non-hydrogen) atoms. The normalized spacial score (nSPS) is 11.8. The lowest BCUT2D eigenvalue weighted by Gasteiger charge is -2.16. The van der Waals surface area contributed by atoms with Crippen LogP contribution in [0, 0.1) is 13.8 Å². The number of aliphatic carboxylic acids is 1. The summed E-state index contributed by atoms with van der Waals surface area (Å²) in [4.78, 5) is 23.2. The first kappa shape index (κ1) is 24.7. The maximum atomic E-state index is 12.6. The summed E-state index contributed by atoms with van der Waals surface area (Å²) in [5.41, 5.74) is 4.51. The number of benzene rings is 2. The number of anilines is 1. The van der Waals surface area contributed by atoms with Crippen molar-refractivity contribution in [2.45, 2.75) is 39.0 Å². The fourth-order valence-corrected chi connectivity index (χ4v) is 4.41. The van der Waals surface area contributed by atoms with Gasteiger partial charge in [0.25, 0.3) is 0 Å². The molecule has 1 amide bonds. The van der Waals surface area contributed by atoms with E-state index in [4.69, 9.17) is 26.0 Å². The minimum Gasteiger partial charge on any atom is -0.481 e. The zero-order chi connectivity index (χ0) is 24.0. The standard InChI is InChI=1S/C24H25ClN2O5S/c1-14-4-9-19(20(25)12-14)16(3)31-24(30)26-22-15(2)27-32-23(22)18-7-5-17(6-8-18)13-33-11-10-21(28)29/h4-9,12,16H,10-11,13H2,1-3H3,(H,26,30)(H,28,29). The Morgan fingerprint density at radius 1 is 1.21 bits per heavy atom. The predicted octanol–water partition coefficient (Wildman–Crippen LogP) is 6.63. The maximum absolute atomic E-state index is 12.6. The minimum atomic E-state index is -0.798. The summed E-state index contributed by atoms with van der Waals surface area (Å²) in [6, 6.07) is 13.2. The lowest BCUT2D eigenvalue weighted by molar-refractivity contribution is -0.136. The molecular weight excluding hydrogens is 464 g/mol. The molecule has 0 spiro atoms. The summed E-state index contributed by atoms with van der Waals surface area (Å²) in [6.45, 7) is 5.43. The zero-order valence-electron chi connectivity index (χ0n) is 18.6. The first-order valence-corrected chi connectivity index (χ1v) is 11.9. The van der Waals surface area contributed by atoms with Gasteiger partial charge in [0.05, 0.1) is 6.42 Å². The number of thioether (sulfide) groups is 1. The van der Waals surface area contributed by atoms with Crippen molar-refractivity contribution in [2.75, 3.05) is 11.1 Å². The van der Waals surface area contributed by atoms with Gasteiger partial charge >= 0.3 is 12.1 Å². The van der Waals surface area contributed by atoms with Gasteiger partial charge in [-0.2, -0.15) is 11.8 Å². The Bertz CT molecular complexity index is 1130. The highest BCUT2D eigenvalue weighted by molar-refractivity contribution is 7.98. The second-order valence-electron chi connectivity index (χ2n) is 7.56. The fourth-order valence-electron chi connectivity index (χ4n) is 3.13. The molecule has 0 aliphatic carbocycles. The van der Waals surface area contributed by atoms with Gasteiger partial charge < -0.3 is 14.4 Å². The van der Waals surface area contributed by atoms with Crippen molar-refractivity contribution in [1.29, 1.82) is 0 Å². The quantitative estimate of drug-likeness (QED) is 0.326. The first-order chi connectivity index (χ1) is 15.7. The van der Waals surface area contributed by atoms with E-state index in [9.17, 15) is 9.59 Å². The Balaban J connectivity index is 1.65. The number of nitrogens with zero attached hydrogens (tertiary/aromatic N) is 1. The van der Waals surface area contributed by atoms with E-state index in [1.54, 1.807) is 25.6 Å². The number of carbonyl (C=O) groups excluding carboxylic acids is 1. The molecule has 1 atom stereocenters. The molecule has 0 aliphatic heterocycles. The highest BCUT2D eigenvalue weighted by Crippen LogP contribution is 2.32. The van der Waals surface area contributed by atoms with E-state index < -0.39 is 18.2 Å². The zero-order valence-corrected chi connectivity index (χ0v) is 20.1. The summed E-state index contributed by atoms with van der Waals surface area (Å²) in [6.07, 6.45) is -1.04. The first-order valence-electron chi connectivity index (χ1n) is 10.3. The van der Waals surface area contributed by atoms with Crippen LogP contribution in [0.3, 0.4) is 0 Å². The molecule has 1 heterocycles. The summed E-state index contributed by atoms with van der Waals surface area (Å²) >= 11 is 7.84. The largest absolute Gasteiger partial charge is 0.481 e. The number of carboxylic acids is 1. The van der Waals surface area contributed by atoms with Gasteiger partial charge in [-0.1, -0.05) is 53.2 Å². The van der Waals surface area contributed by atoms with E-state index in [2.05, 4.69) is 10.5 Å². The number of hydrogen-bond acceptors (Lipinski definition) is 6. The Morgan fingerprint density at radius 3 is 2.61 bits per heavy atom. The molecule has 0 bridgehead atoms. The third-order valence-corrected chi connectivity index (χ3v) is 6.27. The Kier molecular flexibility index (Phi) is 8.41. The maximum Gasteiger partial charge on any atom is 0.412 e. The second-order valence-corrected chi connectivity index (χ2v) is 9.08. The Labute approximate surface area is 201 Å². The summed E-state index contributed by atoms with van der Waals surface area (Å²) in [7, 11) is 0. The van der Waals surface area contributed by atoms with Crippen LogP contribution in [0.2, 0.25) is 5.02 Å². The number of carbonyl (C=O) groups is 2. The van der Waals surface area contributed by atoms with Crippen molar-refractivity contribution in [1.82, 2.24) is 5.16 Å². The number of amides is 1. The molecule has 2 N–H and O–H groups in total. The van der Waals surface area contributed by atoms with Crippen LogP contribution >= 0.6 is 23.4 Å². The average molecular weight is 489 g/mol. The van der Waals surface area contributed by atoms with Crippen LogP contribution in [0.4, 0.5) is 10.5 Å². The van der Waals surface area contributed by atoms with Crippen molar-refractivity contribution in [3.63, 3.8) is 0 Å². The van der Waals surface area contributed by atoms with Crippen LogP contribution in [0.25, 0.3) is 11.3 Å². The molecule has 0 fully saturated rings. The molecule has 3 aromatic rings. The van der Waals surface area contributed by atoms with Crippen LogP contribution in [0.1, 0.15) is 41.8 Å². The number of carboxylic acid groups (broad SMARTS) is 1. The summed E-state index contributed by atoms with van der Waals surface area (Å²) in [5.74, 6) is 0.893. The number of halogens is 1. The molecule has 1 aromatic heterocycles. The predicted molar refractivity (Wildman–Crippen MR) is 130 cm³/mol. The number of aryl methyl sites for hydroxylation is 2. The van der Waals surface area contributed by atoms with E-state index in [0.29, 0.717) is 33.7 Å². The number of rotatable bonds is 9. The Morgan fingerprint density at radius 2 is 1.94 bits per heavy atom. The molecule has 1 unspecified atom stereocenters. The SMILES string of the molecule is Cc1ccc(C(C)OC(=O)Nc2c(C)noc2-c2ccc(CSCCC(=O)O)cc2)c(Cl)c1. The van der Waals surface area contributed by atoms with Gasteiger partial charge in [-0.15, -0.1) is 0 Å². The number of hydrogen-bond donors (Lipinski definition) is 2. The van der Waals surface area contributed by atoms with Gasteiger partial charge in [-0.25, -0.2) is 4.79 Å². The third-order valence-electron chi connectivity index (χ3n) is 4.91. The molecule has 0 saturated heterocycles. The molecule has 0 saturated carbocycles. The third kappa shape index (κ3) is 6.76. The van der Waals surface area contributed by atoms with Gasteiger partial charge in [0.15, 0.2) is 5.76 Å². The van der Waals surface area contributed by atoms with E-state index in [-0.39, 0.29) is 6.42 Å². The monoisotopic (exact) mass is 488 g/mol. The number of nitrogens with one attached hydrogen (secondary N) is 1. The van der Waals surface area contributed by atoms with Crippen LogP contribution in [0.5, 0.6) is 0 Å². The molecular formula is C24H25ClN2O5S. The smallest absolute Gasteiger partial charge is 0.412 e. The van der Waals surface area contributed by atoms with Crippen molar-refractivity contribution < 1.29 is 24.0 Å². The van der Waals surface area contributed by atoms with Gasteiger partial charge in [0.1, 0.15) is 17.5 Å². The topological polar surface area (TPSA) is 102 Å². The van der Waals surface area contributed by atoms with Gasteiger partial charge in [-0.05, 0) is 38.0 Å². The van der Waals surface area contributed by atoms with E-state index in [0.717, 1.165) is 22.3 Å². The van der Waals surface area contributed by atoms with Gasteiger partial charge in [0, 0.05) is 27.7 Å². The molecule has 3 rings (SSSR count). The minimum absolute atomic E-state index is 0.139. The Hall–Kier alpha value is -2.97. The molecule has 0 radical (unpaired) electrons. The van der Waals surface area contributed by atoms with Crippen molar-refractivity contribution in [2.24, 2.45) is 0 Å². The second kappa shape index (κ2) is 11.2. The molecule has 7 nitrogen and oxygen atoms in total. The van der Waals surface area contributed by atoms with E-state index >= 15 is 0 Å². The fraction of sp³-hybridized carbons (Fsp3) is 0.292. The summed E-state index contributed by atoms with van der Waals surface area (Å²) in [5, 5.41) is 16.0. The molecule has 0 aliphatic rings. The van der Waals surface area contributed by atoms with Crippen molar-refractivity contribution >= 4 is 41.1 Å². The van der Waals surface area contributed by atoms with Crippen LogP contribution in [-0.4, -0.2) is 28.1 Å². The highest BCUT2D eigenvalue weighted by Gasteiger charge is 2.20. The lowest BCUT2D eigenvalue weighted by Crippen LogP contribution is -2.17. The van der Waals surface area contributed by atoms with Crippen LogP contribution in [0.15, 0.2) is 47.0 Å². The van der Waals surface area contributed by atoms with Crippen molar-refractivity contribution in [3.05, 3.63) is 69.9 Å². The highest BCUT2D eigenvalue weighted by atomic mass is 35.5. The summed E-state index contributed by atoms with van der Waals surface area (Å²) < 4.78 is 11.0. The van der Waals surface area contributed by atoms with E-state index in [1.165, 1.54) is 0 Å². The van der Waals surface area contributed by atoms with Crippen LogP contribution < -0.4 is 5.32 Å². The van der Waals surface area contributed by atoms with Crippen LogP contribution in [-0.2, 0) is 15.3 Å². The molecule has 9 heteroatoms.